The van der Waals surface area contributed by atoms with Gasteiger partial charge in [-0.15, -0.1) is 35.7 Å². The van der Waals surface area contributed by atoms with Crippen LogP contribution in [0.4, 0.5) is 0 Å². The van der Waals surface area contributed by atoms with Crippen molar-refractivity contribution in [3.63, 3.8) is 0 Å². The quantitative estimate of drug-likeness (QED) is 0.213. The lowest BCUT2D eigenvalue weighted by Gasteiger charge is -2.11. The Bertz CT molecular complexity index is 404. The van der Waals surface area contributed by atoms with Gasteiger partial charge in [0.05, 0.1) is 6.61 Å². The molecule has 0 bridgehead atoms. The second kappa shape index (κ2) is 13.5. The Balaban J connectivity index is 0.00000400. The fourth-order valence-electron chi connectivity index (χ4n) is 1.48. The highest BCUT2D eigenvalue weighted by atomic mass is 127. The minimum Gasteiger partial charge on any atom is -0.380 e. The highest BCUT2D eigenvalue weighted by molar-refractivity contribution is 14.0. The van der Waals surface area contributed by atoms with Crippen molar-refractivity contribution in [3.8, 4) is 0 Å². The molecule has 120 valence electrons. The number of hydrogen-bond donors (Lipinski definition) is 2. The zero-order chi connectivity index (χ0) is 14.6. The molecule has 0 aromatic heterocycles. The molecular weight excluding hydrogens is 421 g/mol. The molecule has 0 saturated carbocycles. The van der Waals surface area contributed by atoms with Gasteiger partial charge in [-0.2, -0.15) is 0 Å². The number of guanidine groups is 1. The molecule has 0 radical (unpaired) electrons. The maximum absolute atomic E-state index is 5.85. The summed E-state index contributed by atoms with van der Waals surface area (Å²) in [4.78, 5) is 5.37. The third kappa shape index (κ3) is 10.2. The molecule has 0 aliphatic rings. The van der Waals surface area contributed by atoms with Gasteiger partial charge in [0.2, 0.25) is 0 Å². The Morgan fingerprint density at radius 2 is 1.90 bits per heavy atom. The summed E-state index contributed by atoms with van der Waals surface area (Å²) in [6.07, 6.45) is 0. The van der Waals surface area contributed by atoms with Gasteiger partial charge < -0.3 is 15.4 Å². The molecule has 0 unspecified atom stereocenters. The molecule has 21 heavy (non-hydrogen) atoms. The number of nitrogens with zero attached hydrogens (tertiary/aromatic N) is 1. The van der Waals surface area contributed by atoms with E-state index in [1.54, 1.807) is 18.8 Å². The number of thioether (sulfide) groups is 1. The molecule has 7 heteroatoms. The van der Waals surface area contributed by atoms with Crippen LogP contribution < -0.4 is 10.6 Å². The summed E-state index contributed by atoms with van der Waals surface area (Å²) < 4.78 is 5.26. The number of hydrogen-bond acceptors (Lipinski definition) is 3. The van der Waals surface area contributed by atoms with Gasteiger partial charge in [-0.1, -0.05) is 11.6 Å². The van der Waals surface area contributed by atoms with Gasteiger partial charge in [-0.05, 0) is 31.2 Å². The second-order valence-corrected chi connectivity index (χ2v) is 5.53. The van der Waals surface area contributed by atoms with E-state index in [4.69, 9.17) is 16.3 Å². The van der Waals surface area contributed by atoms with Crippen molar-refractivity contribution in [2.24, 2.45) is 4.99 Å². The second-order valence-electron chi connectivity index (χ2n) is 3.93. The molecule has 0 heterocycles. The third-order valence-electron chi connectivity index (χ3n) is 2.44. The van der Waals surface area contributed by atoms with Crippen LogP contribution in [0.15, 0.2) is 34.2 Å². The van der Waals surface area contributed by atoms with E-state index in [0.29, 0.717) is 6.61 Å². The van der Waals surface area contributed by atoms with Gasteiger partial charge in [0.25, 0.3) is 0 Å². The highest BCUT2D eigenvalue weighted by Gasteiger charge is 1.98. The number of halogens is 2. The van der Waals surface area contributed by atoms with Gasteiger partial charge in [-0.25, -0.2) is 0 Å². The Morgan fingerprint density at radius 1 is 1.24 bits per heavy atom. The van der Waals surface area contributed by atoms with Crippen LogP contribution in [0.1, 0.15) is 6.92 Å². The lowest BCUT2D eigenvalue weighted by molar-refractivity contribution is 0.152. The van der Waals surface area contributed by atoms with Gasteiger partial charge in [-0.3, -0.25) is 4.99 Å². The first-order valence-electron chi connectivity index (χ1n) is 6.67. The largest absolute Gasteiger partial charge is 0.380 e. The summed E-state index contributed by atoms with van der Waals surface area (Å²) in [6, 6.07) is 7.88. The van der Waals surface area contributed by atoms with E-state index < -0.39 is 0 Å². The smallest absolute Gasteiger partial charge is 0.191 e. The van der Waals surface area contributed by atoms with Crippen LogP contribution in [0.2, 0.25) is 5.02 Å². The molecule has 2 N–H and O–H groups in total. The minimum absolute atomic E-state index is 0. The third-order valence-corrected chi connectivity index (χ3v) is 3.71. The van der Waals surface area contributed by atoms with E-state index in [1.807, 2.05) is 31.2 Å². The van der Waals surface area contributed by atoms with Crippen LogP contribution in [-0.2, 0) is 4.74 Å². The number of aliphatic imine (C=N–C) groups is 1. The molecular formula is C14H23ClIN3OS. The Labute approximate surface area is 153 Å². The average Bonchev–Trinajstić information content (AvgIpc) is 2.47. The fourth-order valence-corrected chi connectivity index (χ4v) is 2.37. The molecule has 0 spiro atoms. The van der Waals surface area contributed by atoms with Crippen molar-refractivity contribution in [3.05, 3.63) is 29.3 Å². The summed E-state index contributed by atoms with van der Waals surface area (Å²) in [5.41, 5.74) is 0. The molecule has 0 atom stereocenters. The number of ether oxygens (including phenoxy) is 1. The average molecular weight is 444 g/mol. The van der Waals surface area contributed by atoms with E-state index in [9.17, 15) is 0 Å². The summed E-state index contributed by atoms with van der Waals surface area (Å²) in [6.45, 7) is 5.03. The molecule has 1 rings (SSSR count). The van der Waals surface area contributed by atoms with E-state index in [1.165, 1.54) is 4.90 Å². The molecule has 0 fully saturated rings. The van der Waals surface area contributed by atoms with Crippen molar-refractivity contribution in [2.45, 2.75) is 11.8 Å². The Morgan fingerprint density at radius 3 is 2.52 bits per heavy atom. The zero-order valence-electron chi connectivity index (χ0n) is 12.4. The first-order chi connectivity index (χ1) is 9.76. The van der Waals surface area contributed by atoms with Gasteiger partial charge in [0.1, 0.15) is 0 Å². The van der Waals surface area contributed by atoms with E-state index in [-0.39, 0.29) is 24.0 Å². The van der Waals surface area contributed by atoms with Crippen LogP contribution in [0.5, 0.6) is 0 Å². The molecule has 4 nitrogen and oxygen atoms in total. The maximum atomic E-state index is 5.85. The van der Waals surface area contributed by atoms with Crippen molar-refractivity contribution >= 4 is 53.3 Å². The van der Waals surface area contributed by atoms with Gasteiger partial charge >= 0.3 is 0 Å². The standard InChI is InChI=1S/C14H22ClN3OS.HI/c1-3-19-10-8-17-14(16-2)18-9-11-20-13-6-4-12(15)5-7-13;/h4-7H,3,8-11H2,1-2H3,(H2,16,17,18);1H. The molecule has 1 aromatic rings. The Kier molecular flexibility index (Phi) is 13.4. The first kappa shape index (κ1) is 20.8. The number of benzene rings is 1. The van der Waals surface area contributed by atoms with Crippen molar-refractivity contribution in [1.82, 2.24) is 10.6 Å². The zero-order valence-corrected chi connectivity index (χ0v) is 16.3. The van der Waals surface area contributed by atoms with Crippen LogP contribution in [0.3, 0.4) is 0 Å². The van der Waals surface area contributed by atoms with Crippen molar-refractivity contribution < 1.29 is 4.74 Å². The Hall–Kier alpha value is -0.180. The first-order valence-corrected chi connectivity index (χ1v) is 8.03. The van der Waals surface area contributed by atoms with Crippen LogP contribution >= 0.6 is 47.3 Å². The van der Waals surface area contributed by atoms with Crippen LogP contribution in [-0.4, -0.2) is 45.1 Å². The number of rotatable bonds is 8. The summed E-state index contributed by atoms with van der Waals surface area (Å²) in [5, 5.41) is 7.23. The summed E-state index contributed by atoms with van der Waals surface area (Å²) in [7, 11) is 1.77. The van der Waals surface area contributed by atoms with E-state index in [2.05, 4.69) is 15.6 Å². The van der Waals surface area contributed by atoms with Crippen LogP contribution in [0, 0.1) is 0 Å². The molecule has 0 aliphatic carbocycles. The lowest BCUT2D eigenvalue weighted by atomic mass is 10.4. The van der Waals surface area contributed by atoms with Crippen LogP contribution in [0.25, 0.3) is 0 Å². The maximum Gasteiger partial charge on any atom is 0.191 e. The topological polar surface area (TPSA) is 45.6 Å². The normalized spacial score (nSPS) is 10.9. The van der Waals surface area contributed by atoms with Crippen molar-refractivity contribution in [2.75, 3.05) is 39.1 Å². The fraction of sp³-hybridized carbons (Fsp3) is 0.500. The SMILES string of the molecule is CCOCCNC(=NC)NCCSc1ccc(Cl)cc1.I. The molecule has 0 amide bonds. The summed E-state index contributed by atoms with van der Waals surface area (Å²) in [5.74, 6) is 1.77. The van der Waals surface area contributed by atoms with Crippen molar-refractivity contribution in [1.29, 1.82) is 0 Å². The van der Waals surface area contributed by atoms with Gasteiger partial charge in [0, 0.05) is 42.4 Å². The summed E-state index contributed by atoms with van der Waals surface area (Å²) >= 11 is 7.63. The predicted octanol–water partition coefficient (Wildman–Crippen LogP) is 3.25. The monoisotopic (exact) mass is 443 g/mol. The minimum atomic E-state index is 0. The van der Waals surface area contributed by atoms with Gasteiger partial charge in [0.15, 0.2) is 5.96 Å². The number of nitrogens with one attached hydrogen (secondary N) is 2. The van der Waals surface area contributed by atoms with E-state index in [0.717, 1.165) is 36.4 Å². The predicted molar refractivity (Wildman–Crippen MR) is 103 cm³/mol. The lowest BCUT2D eigenvalue weighted by Crippen LogP contribution is -2.39. The molecule has 0 aliphatic heterocycles. The van der Waals surface area contributed by atoms with E-state index >= 15 is 0 Å². The molecule has 1 aromatic carbocycles. The molecule has 0 saturated heterocycles. The highest BCUT2D eigenvalue weighted by Crippen LogP contribution is 2.19.